The van der Waals surface area contributed by atoms with E-state index in [4.69, 9.17) is 34.4 Å². The third kappa shape index (κ3) is 8.78. The summed E-state index contributed by atoms with van der Waals surface area (Å²) in [4.78, 5) is 4.81. The van der Waals surface area contributed by atoms with Gasteiger partial charge in [-0.3, -0.25) is 4.57 Å². The van der Waals surface area contributed by atoms with Gasteiger partial charge in [-0.05, 0) is 148 Å². The van der Waals surface area contributed by atoms with Crippen molar-refractivity contribution in [3.63, 3.8) is 0 Å². The molecule has 1 aliphatic heterocycles. The van der Waals surface area contributed by atoms with Crippen LogP contribution in [-0.4, -0.2) is 14.1 Å². The number of imidazole rings is 1. The van der Waals surface area contributed by atoms with E-state index >= 15 is 0 Å². The number of aromatic nitrogens is 4. The van der Waals surface area contributed by atoms with Crippen LogP contribution < -0.4 is 9.30 Å². The molecule has 5 nitrogen and oxygen atoms in total. The van der Waals surface area contributed by atoms with Gasteiger partial charge in [-0.1, -0.05) is 217 Å². The molecule has 0 bridgehead atoms. The molecular weight excluding hydrogens is 1200 g/mol. The van der Waals surface area contributed by atoms with Crippen LogP contribution in [0.2, 0.25) is 0 Å². The maximum atomic E-state index is 10.5. The summed E-state index contributed by atoms with van der Waals surface area (Å²) < 4.78 is 281. The van der Waals surface area contributed by atoms with Gasteiger partial charge in [-0.2, -0.15) is 18.2 Å². The molecule has 84 heavy (non-hydrogen) atoms. The van der Waals surface area contributed by atoms with Crippen molar-refractivity contribution in [3.05, 3.63) is 259 Å². The Kier molecular flexibility index (Phi) is 7.23. The van der Waals surface area contributed by atoms with E-state index in [2.05, 4.69) is 39.2 Å². The molecule has 13 aromatic rings. The molecule has 1 aliphatic carbocycles. The minimum atomic E-state index is -4.68. The third-order valence-electron chi connectivity index (χ3n) is 15.3. The molecule has 4 heterocycles. The van der Waals surface area contributed by atoms with Crippen molar-refractivity contribution in [1.82, 2.24) is 14.1 Å². The predicted octanol–water partition coefficient (Wildman–Crippen LogP) is 19.6. The van der Waals surface area contributed by atoms with E-state index in [9.17, 15) is 15.1 Å². The Hall–Kier alpha value is -8.89. The average Bonchev–Trinajstić information content (AvgIpc) is 0.928. The van der Waals surface area contributed by atoms with E-state index in [-0.39, 0.29) is 116 Å². The fraction of sp³-hybridized carbons (Fsp3) is 0.154. The molecule has 10 aromatic carbocycles. The van der Waals surface area contributed by atoms with Gasteiger partial charge in [-0.15, -0.1) is 29.7 Å². The van der Waals surface area contributed by atoms with Crippen molar-refractivity contribution in [1.29, 1.82) is 0 Å². The van der Waals surface area contributed by atoms with Crippen LogP contribution in [0.5, 0.6) is 11.5 Å². The summed E-state index contributed by atoms with van der Waals surface area (Å²) in [5.74, 6) is 0.814. The van der Waals surface area contributed by atoms with Crippen molar-refractivity contribution in [3.8, 4) is 95.5 Å². The molecule has 15 rings (SSSR count). The van der Waals surface area contributed by atoms with Crippen LogP contribution in [0.15, 0.2) is 224 Å². The summed E-state index contributed by atoms with van der Waals surface area (Å²) in [5, 5.41) is 1.69. The molecule has 0 spiro atoms. The summed E-state index contributed by atoms with van der Waals surface area (Å²) in [6, 6.07) is 33.9. The van der Waals surface area contributed by atoms with Gasteiger partial charge < -0.3 is 13.9 Å². The second kappa shape index (κ2) is 20.2. The zero-order chi connectivity index (χ0) is 81.3. The molecule has 412 valence electrons. The van der Waals surface area contributed by atoms with E-state index in [0.29, 0.717) is 11.3 Å². The Morgan fingerprint density at radius 1 is 0.571 bits per heavy atom. The summed E-state index contributed by atoms with van der Waals surface area (Å²) in [6.07, 6.45) is -4.14. The topological polar surface area (TPSA) is 35.9 Å². The number of fused-ring (bicyclic) bond motifs is 11. The van der Waals surface area contributed by atoms with E-state index in [1.54, 1.807) is 79.0 Å². The monoisotopic (exact) mass is 1290 g/mol. The Bertz CT molecular complexity index is 6160. The number of hydrogen-bond acceptors (Lipinski definition) is 2. The van der Waals surface area contributed by atoms with E-state index in [0.717, 1.165) is 21.9 Å². The molecule has 0 N–H and O–H groups in total. The number of benzene rings is 10. The molecule has 0 amide bonds. The zero-order valence-electron chi connectivity index (χ0n) is 73.9. The van der Waals surface area contributed by atoms with Crippen LogP contribution in [0.4, 0.5) is 0 Å². The normalized spacial score (nSPS) is 20.7. The molecule has 0 fully saturated rings. The van der Waals surface area contributed by atoms with Gasteiger partial charge >= 0.3 is 0 Å². The first-order chi connectivity index (χ1) is 52.2. The minimum Gasteiger partial charge on any atom is -0.510 e. The fourth-order valence-electron chi connectivity index (χ4n) is 11.5. The van der Waals surface area contributed by atoms with Crippen LogP contribution in [0.25, 0.3) is 117 Å². The predicted molar refractivity (Wildman–Crippen MR) is 340 cm³/mol. The Morgan fingerprint density at radius 2 is 1.24 bits per heavy atom. The maximum absolute atomic E-state index is 10.5. The number of pyridine rings is 1. The second-order valence-corrected chi connectivity index (χ2v) is 21.5. The van der Waals surface area contributed by atoms with Crippen LogP contribution in [0.3, 0.4) is 0 Å². The van der Waals surface area contributed by atoms with Gasteiger partial charge in [-0.25, -0.2) is 4.98 Å². The summed E-state index contributed by atoms with van der Waals surface area (Å²) >= 11 is 0. The van der Waals surface area contributed by atoms with Crippen molar-refractivity contribution in [2.24, 2.45) is 0 Å². The fourth-order valence-corrected chi connectivity index (χ4v) is 11.5. The number of para-hydroxylation sites is 2. The molecule has 0 unspecified atom stereocenters. The smallest absolute Gasteiger partial charge is 0.268 e. The Balaban J connectivity index is 0.0000106. The first-order valence-electron chi connectivity index (χ1n) is 41.1. The second-order valence-electron chi connectivity index (χ2n) is 21.5. The number of nitrogens with zero attached hydrogens (tertiary/aromatic N) is 4. The van der Waals surface area contributed by atoms with Crippen molar-refractivity contribution >= 4 is 32.8 Å². The van der Waals surface area contributed by atoms with Gasteiger partial charge in [0, 0.05) is 66.2 Å². The maximum Gasteiger partial charge on any atom is 0.268 e. The first-order valence-corrected chi connectivity index (χ1v) is 26.6. The van der Waals surface area contributed by atoms with Crippen molar-refractivity contribution in [2.75, 3.05) is 0 Å². The minimum absolute atomic E-state index is 0. The van der Waals surface area contributed by atoms with Crippen molar-refractivity contribution < 1.29 is 70.1 Å². The van der Waals surface area contributed by atoms with Crippen LogP contribution in [0, 0.1) is 18.5 Å². The molecule has 0 atom stereocenters. The number of hydrogen-bond donors (Lipinski definition) is 0. The summed E-state index contributed by atoms with van der Waals surface area (Å²) in [5.41, 5.74) is -11.5. The van der Waals surface area contributed by atoms with Crippen LogP contribution >= 0.6 is 0 Å². The molecule has 0 saturated carbocycles. The molecule has 0 saturated heterocycles. The summed E-state index contributed by atoms with van der Waals surface area (Å²) in [7, 11) is 0. The SMILES string of the molecule is [2H]c1c([2H])c([2H])c(-c2cccc3c2-c2ccccc2-c2cc(-c4c([2H])c([2H])c5c(c4[2H])C(C([2H])([2H])[2H])(C([2H])([2H])[2H])C([2H])([2H])C([2H])([2H])C5(C([2H])([2H])[2H])C([2H])([2H])[2H])cc4c2[n+]([c-]n4-c2[c-]c(Oc4[c-]c5c(cc4)c4ccccc4n5-c4cc(C(C)(C)C)ccn4)ccc2)-c2c-3cccc2-c2c([2H])c([2H])c([2H])c([2H])c2[2H])c([2H])c1[2H].[Pt]. The van der Waals surface area contributed by atoms with Gasteiger partial charge in [0.1, 0.15) is 5.82 Å². The van der Waals surface area contributed by atoms with E-state index < -0.39 is 152 Å². The first kappa shape index (κ1) is 30.1. The van der Waals surface area contributed by atoms with Crippen LogP contribution in [0.1, 0.15) is 117 Å². The Morgan fingerprint density at radius 3 is 2.01 bits per heavy atom. The Labute approximate surface area is 547 Å². The number of rotatable bonds is 7. The van der Waals surface area contributed by atoms with Gasteiger partial charge in [0.15, 0.2) is 0 Å². The molecule has 0 radical (unpaired) electrons. The van der Waals surface area contributed by atoms with Gasteiger partial charge in [0.25, 0.3) is 6.33 Å². The van der Waals surface area contributed by atoms with Gasteiger partial charge in [0.05, 0.1) is 34.5 Å². The average molecular weight is 1300 g/mol. The largest absolute Gasteiger partial charge is 0.510 e. The quantitative estimate of drug-likeness (QED) is 0.118. The van der Waals surface area contributed by atoms with E-state index in [1.165, 1.54) is 33.4 Å². The molecule has 2 aliphatic rings. The standard InChI is InChI=1S/C78H62N4O.Pt/c1-76(2,3)54-39-42-79-72(46-54)82-69-34-17-16-28-61(69)62-37-36-57(48-70(62)82)83-56-26-18-25-55(47-56)80-49-81-74-59(51-23-12-9-13-24-51)31-20-33-65(74)64-32-19-30-58(50-21-10-8-11-22-50)73(64)63-29-15-14-27-60(63)66-43-53(45-71(80)75(66)81)52-35-38-67-68(44-52)78(6,7)41-40-77(67,4)5;/h8-39,42-46H,40-41H2,1-7H3;/q-2;/i4D3,5D3,6D3,7D3,8D,9D,10D,11D,12D,13D,21D,22D,23D,24D,35D,38D,40D2,41D2,44D;. The number of ether oxygens (including phenoxy) is 1. The van der Waals surface area contributed by atoms with E-state index in [1.807, 2.05) is 47.0 Å². The molecule has 3 aromatic heterocycles. The third-order valence-corrected chi connectivity index (χ3v) is 15.3. The zero-order valence-corrected chi connectivity index (χ0v) is 47.1. The van der Waals surface area contributed by atoms with Crippen LogP contribution in [-0.2, 0) is 37.3 Å². The molecule has 6 heteroatoms. The van der Waals surface area contributed by atoms with Gasteiger partial charge in [0.2, 0.25) is 0 Å². The van der Waals surface area contributed by atoms with Crippen molar-refractivity contribution in [2.45, 2.75) is 77.2 Å². The summed E-state index contributed by atoms with van der Waals surface area (Å²) in [6.45, 7) is -11.3. The molecular formula is C78H62N4OPt-2.